The molecule has 0 radical (unpaired) electrons. The molecule has 0 bridgehead atoms. The van der Waals surface area contributed by atoms with Crippen molar-refractivity contribution in [2.45, 2.75) is 53.6 Å². The molecular formula is C32H35N3O5. The van der Waals surface area contributed by atoms with E-state index in [0.717, 1.165) is 22.4 Å². The molecule has 208 valence electrons. The highest BCUT2D eigenvalue weighted by atomic mass is 16.6. The number of hydrogen-bond donors (Lipinski definition) is 0. The monoisotopic (exact) mass is 541 g/mol. The predicted molar refractivity (Wildman–Crippen MR) is 158 cm³/mol. The number of carbonyl (C=O) groups excluding carboxylic acids is 1. The minimum atomic E-state index is -0.809. The maximum atomic E-state index is 13.8. The van der Waals surface area contributed by atoms with Gasteiger partial charge < -0.3 is 14.2 Å². The summed E-state index contributed by atoms with van der Waals surface area (Å²) in [6, 6.07) is 18.4. The molecule has 0 saturated carbocycles. The fraction of sp³-hybridized carbons (Fsp3) is 0.312. The van der Waals surface area contributed by atoms with Crippen LogP contribution in [-0.2, 0) is 9.53 Å². The van der Waals surface area contributed by atoms with Gasteiger partial charge in [-0.15, -0.1) is 0 Å². The third-order valence-corrected chi connectivity index (χ3v) is 6.43. The normalized spacial score (nSPS) is 12.2. The molecule has 0 aliphatic heterocycles. The molecule has 8 nitrogen and oxygen atoms in total. The van der Waals surface area contributed by atoms with Crippen LogP contribution in [0.4, 0.5) is 0 Å². The average molecular weight is 542 g/mol. The Kier molecular flexibility index (Phi) is 8.99. The second kappa shape index (κ2) is 12.6. The Bertz CT molecular complexity index is 1610. The molecule has 8 heteroatoms. The Balaban J connectivity index is 1.87. The van der Waals surface area contributed by atoms with Gasteiger partial charge in [-0.25, -0.2) is 9.78 Å². The molecule has 0 saturated heterocycles. The van der Waals surface area contributed by atoms with E-state index in [9.17, 15) is 9.59 Å². The molecule has 0 fully saturated rings. The van der Waals surface area contributed by atoms with E-state index in [1.807, 2.05) is 44.2 Å². The topological polar surface area (TPSA) is 92.0 Å². The van der Waals surface area contributed by atoms with Crippen molar-refractivity contribution in [2.75, 3.05) is 13.2 Å². The lowest BCUT2D eigenvalue weighted by Crippen LogP contribution is -2.26. The van der Waals surface area contributed by atoms with Gasteiger partial charge in [0, 0.05) is 11.1 Å². The number of carbonyl (C=O) groups is 1. The largest absolute Gasteiger partial charge is 0.494 e. The Morgan fingerprint density at radius 2 is 1.73 bits per heavy atom. The molecular weight excluding hydrogens is 506 g/mol. The maximum absolute atomic E-state index is 13.8. The highest BCUT2D eigenvalue weighted by Crippen LogP contribution is 2.34. The van der Waals surface area contributed by atoms with Crippen LogP contribution in [0.25, 0.3) is 22.3 Å². The number of aryl methyl sites for hydroxylation is 1. The summed E-state index contributed by atoms with van der Waals surface area (Å²) in [7, 11) is 0. The first-order chi connectivity index (χ1) is 19.2. The molecule has 40 heavy (non-hydrogen) atoms. The van der Waals surface area contributed by atoms with Crippen LogP contribution in [0.1, 0.15) is 57.2 Å². The zero-order valence-corrected chi connectivity index (χ0v) is 23.8. The van der Waals surface area contributed by atoms with Gasteiger partial charge in [-0.05, 0) is 81.1 Å². The first kappa shape index (κ1) is 28.5. The van der Waals surface area contributed by atoms with Crippen LogP contribution in [0.2, 0.25) is 0 Å². The molecule has 3 aromatic carbocycles. The Morgan fingerprint density at radius 3 is 2.45 bits per heavy atom. The highest BCUT2D eigenvalue weighted by molar-refractivity contribution is 5.85. The number of esters is 1. The van der Waals surface area contributed by atoms with Gasteiger partial charge in [0.2, 0.25) is 0 Å². The van der Waals surface area contributed by atoms with Crippen molar-refractivity contribution >= 4 is 23.1 Å². The second-order valence-electron chi connectivity index (χ2n) is 9.66. The smallest absolute Gasteiger partial charge is 0.347 e. The van der Waals surface area contributed by atoms with Crippen LogP contribution in [-0.4, -0.2) is 41.2 Å². The third kappa shape index (κ3) is 6.06. The van der Waals surface area contributed by atoms with Crippen molar-refractivity contribution < 1.29 is 19.0 Å². The van der Waals surface area contributed by atoms with Gasteiger partial charge in [0.1, 0.15) is 11.5 Å². The van der Waals surface area contributed by atoms with Gasteiger partial charge in [0.15, 0.2) is 11.9 Å². The molecule has 1 atom stereocenters. The first-order valence-corrected chi connectivity index (χ1v) is 13.5. The zero-order valence-electron chi connectivity index (χ0n) is 23.8. The summed E-state index contributed by atoms with van der Waals surface area (Å²) in [5.41, 5.74) is 3.59. The number of rotatable bonds is 10. The van der Waals surface area contributed by atoms with Gasteiger partial charge >= 0.3 is 5.97 Å². The molecule has 0 amide bonds. The zero-order chi connectivity index (χ0) is 28.8. The van der Waals surface area contributed by atoms with Crippen molar-refractivity contribution in [3.8, 4) is 22.9 Å². The van der Waals surface area contributed by atoms with E-state index in [1.54, 1.807) is 50.4 Å². The number of ether oxygens (including phenoxy) is 3. The minimum Gasteiger partial charge on any atom is -0.494 e. The lowest BCUT2D eigenvalue weighted by Gasteiger charge is -2.18. The van der Waals surface area contributed by atoms with Crippen molar-refractivity contribution in [3.63, 3.8) is 0 Å². The van der Waals surface area contributed by atoms with Crippen LogP contribution in [0.5, 0.6) is 11.5 Å². The SMILES string of the molecule is CCOC(=O)[C@@H](C)Oc1ccccc1C=Nn1c(-c2cc(C(C)C)c(OCC)cc2C)nc2ccccc2c1=O. The molecule has 0 aliphatic rings. The van der Waals surface area contributed by atoms with Crippen LogP contribution < -0.4 is 15.0 Å². The van der Waals surface area contributed by atoms with E-state index in [4.69, 9.17) is 19.2 Å². The highest BCUT2D eigenvalue weighted by Gasteiger charge is 2.20. The molecule has 1 aromatic heterocycles. The van der Waals surface area contributed by atoms with Crippen molar-refractivity contribution in [2.24, 2.45) is 5.10 Å². The van der Waals surface area contributed by atoms with Crippen LogP contribution >= 0.6 is 0 Å². The van der Waals surface area contributed by atoms with Gasteiger partial charge in [-0.3, -0.25) is 4.79 Å². The lowest BCUT2D eigenvalue weighted by atomic mass is 9.96. The molecule has 4 rings (SSSR count). The first-order valence-electron chi connectivity index (χ1n) is 13.5. The molecule has 4 aromatic rings. The Labute approximate surface area is 234 Å². The summed E-state index contributed by atoms with van der Waals surface area (Å²) in [5.74, 6) is 1.41. The summed E-state index contributed by atoms with van der Waals surface area (Å²) in [5, 5.41) is 5.07. The van der Waals surface area contributed by atoms with E-state index in [1.165, 1.54) is 4.68 Å². The van der Waals surface area contributed by atoms with E-state index >= 15 is 0 Å². The Hall–Kier alpha value is -4.46. The molecule has 0 spiro atoms. The number of nitrogens with zero attached hydrogens (tertiary/aromatic N) is 3. The minimum absolute atomic E-state index is 0.190. The van der Waals surface area contributed by atoms with Gasteiger partial charge in [-0.2, -0.15) is 9.78 Å². The predicted octanol–water partition coefficient (Wildman–Crippen LogP) is 6.11. The lowest BCUT2D eigenvalue weighted by molar-refractivity contribution is -0.150. The molecule has 0 N–H and O–H groups in total. The van der Waals surface area contributed by atoms with Crippen molar-refractivity contribution in [3.05, 3.63) is 87.7 Å². The van der Waals surface area contributed by atoms with Gasteiger partial charge in [0.25, 0.3) is 5.56 Å². The molecule has 0 aliphatic carbocycles. The number of hydrogen-bond acceptors (Lipinski definition) is 7. The molecule has 1 heterocycles. The number of para-hydroxylation sites is 2. The standard InChI is InChI=1S/C32H35N3O5/c1-7-38-29-17-21(5)26(18-25(29)20(3)4)30-34-27-15-11-10-14-24(27)31(36)35(30)33-19-23-13-9-12-16-28(23)40-22(6)32(37)39-8-2/h9-20,22H,7-8H2,1-6H3/t22-/m1/s1. The summed E-state index contributed by atoms with van der Waals surface area (Å²) < 4.78 is 18.2. The van der Waals surface area contributed by atoms with Crippen LogP contribution in [0.15, 0.2) is 70.6 Å². The van der Waals surface area contributed by atoms with E-state index < -0.39 is 12.1 Å². The average Bonchev–Trinajstić information content (AvgIpc) is 2.93. The fourth-order valence-corrected chi connectivity index (χ4v) is 4.39. The third-order valence-electron chi connectivity index (χ3n) is 6.43. The van der Waals surface area contributed by atoms with Crippen molar-refractivity contribution in [1.29, 1.82) is 0 Å². The quantitative estimate of drug-likeness (QED) is 0.178. The summed E-state index contributed by atoms with van der Waals surface area (Å²) in [6.45, 7) is 12.3. The summed E-state index contributed by atoms with van der Waals surface area (Å²) in [6.07, 6.45) is 0.734. The number of benzene rings is 3. The number of fused-ring (bicyclic) bond motifs is 1. The number of aromatic nitrogens is 2. The van der Waals surface area contributed by atoms with Crippen molar-refractivity contribution in [1.82, 2.24) is 9.66 Å². The fourth-order valence-electron chi connectivity index (χ4n) is 4.39. The maximum Gasteiger partial charge on any atom is 0.347 e. The molecule has 0 unspecified atom stereocenters. The van der Waals surface area contributed by atoms with Crippen LogP contribution in [0, 0.1) is 6.92 Å². The second-order valence-corrected chi connectivity index (χ2v) is 9.66. The summed E-state index contributed by atoms with van der Waals surface area (Å²) >= 11 is 0. The van der Waals surface area contributed by atoms with E-state index in [-0.39, 0.29) is 18.1 Å². The Morgan fingerprint density at radius 1 is 1.00 bits per heavy atom. The van der Waals surface area contributed by atoms with Gasteiger partial charge in [0.05, 0.1) is 30.3 Å². The van der Waals surface area contributed by atoms with E-state index in [0.29, 0.717) is 34.6 Å². The van der Waals surface area contributed by atoms with E-state index in [2.05, 4.69) is 18.9 Å². The van der Waals surface area contributed by atoms with Gasteiger partial charge in [-0.1, -0.05) is 38.1 Å². The van der Waals surface area contributed by atoms with Crippen LogP contribution in [0.3, 0.4) is 0 Å². The summed E-state index contributed by atoms with van der Waals surface area (Å²) in [4.78, 5) is 30.8.